The van der Waals surface area contributed by atoms with Crippen LogP contribution in [-0.4, -0.2) is 26.8 Å². The Balaban J connectivity index is 1.69. The largest absolute Gasteiger partial charge is 0.289 e. The van der Waals surface area contributed by atoms with Crippen LogP contribution in [0.25, 0.3) is 11.0 Å². The highest BCUT2D eigenvalue weighted by atomic mass is 16.2. The highest BCUT2D eigenvalue weighted by molar-refractivity contribution is 5.97. The number of pyridine rings is 1. The van der Waals surface area contributed by atoms with Gasteiger partial charge in [0.05, 0.1) is 17.2 Å². The van der Waals surface area contributed by atoms with E-state index in [4.69, 9.17) is 0 Å². The van der Waals surface area contributed by atoms with E-state index in [0.717, 1.165) is 0 Å². The van der Waals surface area contributed by atoms with Crippen molar-refractivity contribution in [2.45, 2.75) is 0 Å². The molecule has 2 amide bonds. The van der Waals surface area contributed by atoms with E-state index >= 15 is 0 Å². The summed E-state index contributed by atoms with van der Waals surface area (Å²) in [5, 5.41) is 0. The molecule has 7 heteroatoms. The first-order valence-electron chi connectivity index (χ1n) is 6.47. The van der Waals surface area contributed by atoms with Crippen LogP contribution in [0, 0.1) is 0 Å². The van der Waals surface area contributed by atoms with Crippen molar-refractivity contribution in [2.24, 2.45) is 0 Å². The minimum absolute atomic E-state index is 0.111. The van der Waals surface area contributed by atoms with Gasteiger partial charge in [-0.25, -0.2) is 4.98 Å². The van der Waals surface area contributed by atoms with Crippen LogP contribution in [0.2, 0.25) is 0 Å². The zero-order chi connectivity index (χ0) is 15.4. The van der Waals surface area contributed by atoms with Crippen LogP contribution in [0.4, 0.5) is 0 Å². The van der Waals surface area contributed by atoms with Crippen molar-refractivity contribution in [1.29, 1.82) is 0 Å². The highest BCUT2D eigenvalue weighted by Gasteiger charge is 2.11. The van der Waals surface area contributed by atoms with E-state index in [-0.39, 0.29) is 11.4 Å². The van der Waals surface area contributed by atoms with Gasteiger partial charge in [-0.2, -0.15) is 0 Å². The van der Waals surface area contributed by atoms with Crippen molar-refractivity contribution in [2.75, 3.05) is 0 Å². The lowest BCUT2D eigenvalue weighted by atomic mass is 10.3. The molecule has 2 aromatic heterocycles. The summed E-state index contributed by atoms with van der Waals surface area (Å²) in [6.45, 7) is 0. The van der Waals surface area contributed by atoms with Gasteiger partial charge in [0, 0.05) is 6.20 Å². The Morgan fingerprint density at radius 1 is 0.773 bits per heavy atom. The number of fused-ring (bicyclic) bond motifs is 1. The lowest BCUT2D eigenvalue weighted by Gasteiger charge is -2.06. The normalized spacial score (nSPS) is 10.2. The quantitative estimate of drug-likeness (QED) is 0.690. The second kappa shape index (κ2) is 5.96. The zero-order valence-corrected chi connectivity index (χ0v) is 11.4. The maximum atomic E-state index is 12.0. The van der Waals surface area contributed by atoms with Crippen LogP contribution in [0.1, 0.15) is 21.0 Å². The van der Waals surface area contributed by atoms with Crippen LogP contribution < -0.4 is 10.9 Å². The summed E-state index contributed by atoms with van der Waals surface area (Å²) < 4.78 is 0. The molecule has 0 saturated carbocycles. The second-order valence-electron chi connectivity index (χ2n) is 4.37. The first kappa shape index (κ1) is 13.6. The summed E-state index contributed by atoms with van der Waals surface area (Å²) >= 11 is 0. The van der Waals surface area contributed by atoms with Crippen molar-refractivity contribution in [1.82, 2.24) is 25.8 Å². The van der Waals surface area contributed by atoms with Gasteiger partial charge in [-0.3, -0.25) is 30.4 Å². The molecule has 3 rings (SSSR count). The molecule has 22 heavy (non-hydrogen) atoms. The van der Waals surface area contributed by atoms with Gasteiger partial charge in [-0.1, -0.05) is 18.2 Å². The molecular formula is C15H11N5O2. The molecule has 7 nitrogen and oxygen atoms in total. The standard InChI is InChI=1S/C15H11N5O2/c21-14(12-7-3-4-8-16-12)19-20-15(22)13-9-17-10-5-1-2-6-11(10)18-13/h1-9H,(H,19,21)(H,20,22). The Morgan fingerprint density at radius 3 is 2.18 bits per heavy atom. The maximum Gasteiger partial charge on any atom is 0.289 e. The third-order valence-electron chi connectivity index (χ3n) is 2.87. The molecule has 0 aliphatic heterocycles. The molecule has 0 aliphatic carbocycles. The van der Waals surface area contributed by atoms with E-state index in [1.807, 2.05) is 12.1 Å². The third-order valence-corrected chi connectivity index (χ3v) is 2.87. The van der Waals surface area contributed by atoms with Gasteiger partial charge in [0.15, 0.2) is 0 Å². The first-order chi connectivity index (χ1) is 10.7. The molecule has 0 spiro atoms. The molecule has 2 heterocycles. The fourth-order valence-electron chi connectivity index (χ4n) is 1.81. The third kappa shape index (κ3) is 2.88. The van der Waals surface area contributed by atoms with E-state index in [0.29, 0.717) is 11.0 Å². The van der Waals surface area contributed by atoms with Crippen molar-refractivity contribution >= 4 is 22.8 Å². The van der Waals surface area contributed by atoms with E-state index in [9.17, 15) is 9.59 Å². The SMILES string of the molecule is O=C(NNC(=O)c1cnc2ccccc2n1)c1ccccn1. The van der Waals surface area contributed by atoms with Gasteiger partial charge in [0.25, 0.3) is 11.8 Å². The molecule has 0 atom stereocenters. The van der Waals surface area contributed by atoms with Crippen molar-refractivity contribution < 1.29 is 9.59 Å². The smallest absolute Gasteiger partial charge is 0.266 e. The topological polar surface area (TPSA) is 96.9 Å². The number of benzene rings is 1. The average molecular weight is 293 g/mol. The number of hydrogen-bond acceptors (Lipinski definition) is 5. The number of carbonyl (C=O) groups excluding carboxylic acids is 2. The molecule has 0 unspecified atom stereocenters. The number of hydrazine groups is 1. The lowest BCUT2D eigenvalue weighted by Crippen LogP contribution is -2.42. The number of hydrogen-bond donors (Lipinski definition) is 2. The fourth-order valence-corrected chi connectivity index (χ4v) is 1.81. The Hall–Kier alpha value is -3.35. The van der Waals surface area contributed by atoms with E-state index in [1.54, 1.807) is 24.3 Å². The fraction of sp³-hybridized carbons (Fsp3) is 0. The summed E-state index contributed by atoms with van der Waals surface area (Å²) in [7, 11) is 0. The Labute approximate surface area is 125 Å². The summed E-state index contributed by atoms with van der Waals surface area (Å²) in [6.07, 6.45) is 2.84. The summed E-state index contributed by atoms with van der Waals surface area (Å²) in [6, 6.07) is 12.1. The predicted molar refractivity (Wildman–Crippen MR) is 78.7 cm³/mol. The summed E-state index contributed by atoms with van der Waals surface area (Å²) in [5.41, 5.74) is 6.16. The van der Waals surface area contributed by atoms with Gasteiger partial charge >= 0.3 is 0 Å². The van der Waals surface area contributed by atoms with Crippen molar-refractivity contribution in [3.8, 4) is 0 Å². The lowest BCUT2D eigenvalue weighted by molar-refractivity contribution is 0.0841. The van der Waals surface area contributed by atoms with Gasteiger partial charge in [-0.15, -0.1) is 0 Å². The molecule has 2 N–H and O–H groups in total. The van der Waals surface area contributed by atoms with Gasteiger partial charge < -0.3 is 0 Å². The van der Waals surface area contributed by atoms with Gasteiger partial charge in [0.2, 0.25) is 0 Å². The van der Waals surface area contributed by atoms with Gasteiger partial charge in [-0.05, 0) is 24.3 Å². The molecule has 1 aromatic carbocycles. The van der Waals surface area contributed by atoms with Crippen molar-refractivity contribution in [3.63, 3.8) is 0 Å². The number of amides is 2. The highest BCUT2D eigenvalue weighted by Crippen LogP contribution is 2.08. The van der Waals surface area contributed by atoms with E-state index in [2.05, 4.69) is 25.8 Å². The molecule has 0 aliphatic rings. The summed E-state index contributed by atoms with van der Waals surface area (Å²) in [5.74, 6) is -1.06. The monoisotopic (exact) mass is 293 g/mol. The Morgan fingerprint density at radius 2 is 1.45 bits per heavy atom. The number of aromatic nitrogens is 3. The number of nitrogens with zero attached hydrogens (tertiary/aromatic N) is 3. The van der Waals surface area contributed by atoms with Crippen LogP contribution in [0.5, 0.6) is 0 Å². The average Bonchev–Trinajstić information content (AvgIpc) is 2.59. The van der Waals surface area contributed by atoms with Gasteiger partial charge in [0.1, 0.15) is 11.4 Å². The van der Waals surface area contributed by atoms with Crippen LogP contribution in [-0.2, 0) is 0 Å². The van der Waals surface area contributed by atoms with Crippen molar-refractivity contribution in [3.05, 3.63) is 66.2 Å². The molecule has 0 fully saturated rings. The van der Waals surface area contributed by atoms with Crippen LogP contribution >= 0.6 is 0 Å². The van der Waals surface area contributed by atoms with Crippen LogP contribution in [0.3, 0.4) is 0 Å². The second-order valence-corrected chi connectivity index (χ2v) is 4.37. The Kier molecular flexibility index (Phi) is 3.69. The molecule has 0 bridgehead atoms. The number of nitrogens with one attached hydrogen (secondary N) is 2. The number of para-hydroxylation sites is 2. The van der Waals surface area contributed by atoms with Crippen LogP contribution in [0.15, 0.2) is 54.9 Å². The number of carbonyl (C=O) groups is 2. The molecular weight excluding hydrogens is 282 g/mol. The number of rotatable bonds is 2. The Bertz CT molecular complexity index is 835. The predicted octanol–water partition coefficient (Wildman–Crippen LogP) is 1.10. The minimum atomic E-state index is -0.553. The van der Waals surface area contributed by atoms with E-state index < -0.39 is 11.8 Å². The van der Waals surface area contributed by atoms with E-state index in [1.165, 1.54) is 18.5 Å². The zero-order valence-electron chi connectivity index (χ0n) is 11.4. The molecule has 0 saturated heterocycles. The first-order valence-corrected chi connectivity index (χ1v) is 6.47. The summed E-state index contributed by atoms with van der Waals surface area (Å²) in [4.78, 5) is 35.9. The maximum absolute atomic E-state index is 12.0. The minimum Gasteiger partial charge on any atom is -0.266 e. The molecule has 3 aromatic rings. The molecule has 0 radical (unpaired) electrons. The molecule has 108 valence electrons.